The van der Waals surface area contributed by atoms with Crippen LogP contribution in [0.3, 0.4) is 0 Å². The molecule has 1 aliphatic heterocycles. The molecule has 0 spiro atoms. The number of hydrogen-bond acceptors (Lipinski definition) is 5. The van der Waals surface area contributed by atoms with Crippen LogP contribution in [0.4, 0.5) is 15.8 Å². The van der Waals surface area contributed by atoms with E-state index in [9.17, 15) is 23.6 Å². The summed E-state index contributed by atoms with van der Waals surface area (Å²) in [6, 6.07) is 10.9. The van der Waals surface area contributed by atoms with Crippen molar-refractivity contribution in [2.24, 2.45) is 0 Å². The van der Waals surface area contributed by atoms with Crippen LogP contribution >= 0.6 is 0 Å². The molecule has 3 amide bonds. The number of ether oxygens (including phenoxy) is 1. The van der Waals surface area contributed by atoms with Crippen molar-refractivity contribution in [2.45, 2.75) is 12.8 Å². The smallest absolute Gasteiger partial charge is 0.338 e. The van der Waals surface area contributed by atoms with Crippen molar-refractivity contribution >= 4 is 35.1 Å². The molecular weight excluding hydrogens is 355 g/mol. The third-order valence-electron chi connectivity index (χ3n) is 3.88. The molecule has 0 saturated carbocycles. The number of carbonyl (C=O) groups excluding carboxylic acids is 4. The highest BCUT2D eigenvalue weighted by molar-refractivity contribution is 6.19. The van der Waals surface area contributed by atoms with Crippen LogP contribution < -0.4 is 10.2 Å². The second kappa shape index (κ2) is 7.77. The van der Waals surface area contributed by atoms with Crippen LogP contribution in [-0.2, 0) is 19.1 Å². The van der Waals surface area contributed by atoms with Gasteiger partial charge < -0.3 is 10.1 Å². The topological polar surface area (TPSA) is 92.8 Å². The second-order valence-corrected chi connectivity index (χ2v) is 5.80. The van der Waals surface area contributed by atoms with Gasteiger partial charge in [-0.3, -0.25) is 19.3 Å². The average molecular weight is 370 g/mol. The fraction of sp³-hybridized carbons (Fsp3) is 0.158. The molecule has 3 rings (SSSR count). The van der Waals surface area contributed by atoms with E-state index in [4.69, 9.17) is 4.74 Å². The van der Waals surface area contributed by atoms with E-state index in [2.05, 4.69) is 5.32 Å². The van der Waals surface area contributed by atoms with Crippen molar-refractivity contribution in [3.05, 3.63) is 59.9 Å². The molecule has 7 nitrogen and oxygen atoms in total. The molecule has 27 heavy (non-hydrogen) atoms. The zero-order valence-electron chi connectivity index (χ0n) is 14.1. The largest absolute Gasteiger partial charge is 0.452 e. The number of benzene rings is 2. The van der Waals surface area contributed by atoms with Gasteiger partial charge in [-0.1, -0.05) is 0 Å². The highest BCUT2D eigenvalue weighted by Gasteiger charge is 2.30. The Labute approximate surface area is 153 Å². The van der Waals surface area contributed by atoms with Crippen LogP contribution in [0.5, 0.6) is 0 Å². The van der Waals surface area contributed by atoms with Crippen LogP contribution in [0.25, 0.3) is 0 Å². The lowest BCUT2D eigenvalue weighted by molar-refractivity contribution is -0.121. The summed E-state index contributed by atoms with van der Waals surface area (Å²) in [6.45, 7) is -0.513. The molecule has 0 bridgehead atoms. The van der Waals surface area contributed by atoms with Gasteiger partial charge in [-0.05, 0) is 48.5 Å². The summed E-state index contributed by atoms with van der Waals surface area (Å²) < 4.78 is 17.7. The first kappa shape index (κ1) is 18.2. The standard InChI is InChI=1S/C19H15FN2O5/c20-13-3-5-14(6-4-13)21-16(23)11-27-19(26)12-1-7-15(8-2-12)22-17(24)9-10-18(22)25/h1-8H,9-11H2,(H,21,23). The third-order valence-corrected chi connectivity index (χ3v) is 3.88. The fourth-order valence-corrected chi connectivity index (χ4v) is 2.56. The molecule has 0 aliphatic carbocycles. The molecule has 2 aromatic rings. The first-order chi connectivity index (χ1) is 12.9. The fourth-order valence-electron chi connectivity index (χ4n) is 2.56. The highest BCUT2D eigenvalue weighted by Crippen LogP contribution is 2.23. The lowest BCUT2D eigenvalue weighted by Crippen LogP contribution is -2.28. The Hall–Kier alpha value is -3.55. The summed E-state index contributed by atoms with van der Waals surface area (Å²) in [5.41, 5.74) is 0.933. The molecule has 0 atom stereocenters. The zero-order valence-corrected chi connectivity index (χ0v) is 14.1. The summed E-state index contributed by atoms with van der Waals surface area (Å²) in [5.74, 6) is -2.30. The molecule has 2 aromatic carbocycles. The maximum Gasteiger partial charge on any atom is 0.338 e. The molecule has 1 N–H and O–H groups in total. The van der Waals surface area contributed by atoms with Crippen molar-refractivity contribution < 1.29 is 28.3 Å². The van der Waals surface area contributed by atoms with Crippen LogP contribution in [-0.4, -0.2) is 30.3 Å². The maximum absolute atomic E-state index is 12.8. The van der Waals surface area contributed by atoms with Gasteiger partial charge in [-0.15, -0.1) is 0 Å². The zero-order chi connectivity index (χ0) is 19.4. The van der Waals surface area contributed by atoms with E-state index in [0.29, 0.717) is 11.4 Å². The number of anilines is 2. The molecular formula is C19H15FN2O5. The first-order valence-electron chi connectivity index (χ1n) is 8.12. The number of nitrogens with one attached hydrogen (secondary N) is 1. The van der Waals surface area contributed by atoms with E-state index in [0.717, 1.165) is 4.90 Å². The summed E-state index contributed by atoms with van der Waals surface area (Å²) in [7, 11) is 0. The van der Waals surface area contributed by atoms with Gasteiger partial charge in [0.25, 0.3) is 5.91 Å². The Morgan fingerprint density at radius 1 is 0.963 bits per heavy atom. The van der Waals surface area contributed by atoms with Gasteiger partial charge in [-0.25, -0.2) is 9.18 Å². The Morgan fingerprint density at radius 2 is 1.56 bits per heavy atom. The number of hydrogen-bond donors (Lipinski definition) is 1. The molecule has 1 aliphatic rings. The van der Waals surface area contributed by atoms with Crippen LogP contribution in [0.1, 0.15) is 23.2 Å². The number of esters is 1. The number of rotatable bonds is 5. The van der Waals surface area contributed by atoms with Gasteiger partial charge in [0.15, 0.2) is 6.61 Å². The third kappa shape index (κ3) is 4.35. The predicted molar refractivity (Wildman–Crippen MR) is 93.5 cm³/mol. The van der Waals surface area contributed by atoms with E-state index >= 15 is 0 Å². The van der Waals surface area contributed by atoms with Crippen molar-refractivity contribution in [1.29, 1.82) is 0 Å². The number of nitrogens with zero attached hydrogens (tertiary/aromatic N) is 1. The van der Waals surface area contributed by atoms with Gasteiger partial charge in [0.1, 0.15) is 5.82 Å². The minimum Gasteiger partial charge on any atom is -0.452 e. The number of halogens is 1. The summed E-state index contributed by atoms with van der Waals surface area (Å²) in [6.07, 6.45) is 0.345. The SMILES string of the molecule is O=C(COC(=O)c1ccc(N2C(=O)CCC2=O)cc1)Nc1ccc(F)cc1. The molecule has 1 heterocycles. The van der Waals surface area contributed by atoms with Crippen molar-refractivity contribution in [3.8, 4) is 0 Å². The Balaban J connectivity index is 1.55. The minimum absolute atomic E-state index is 0.172. The molecule has 1 saturated heterocycles. The van der Waals surface area contributed by atoms with Crippen molar-refractivity contribution in [2.75, 3.05) is 16.8 Å². The van der Waals surface area contributed by atoms with Gasteiger partial charge in [0.2, 0.25) is 11.8 Å². The molecule has 138 valence electrons. The number of carbonyl (C=O) groups is 4. The summed E-state index contributed by atoms with van der Waals surface area (Å²) >= 11 is 0. The lowest BCUT2D eigenvalue weighted by Gasteiger charge is -2.14. The Bertz CT molecular complexity index is 877. The van der Waals surface area contributed by atoms with Gasteiger partial charge in [-0.2, -0.15) is 0 Å². The molecule has 0 unspecified atom stereocenters. The van der Waals surface area contributed by atoms with Crippen LogP contribution in [0, 0.1) is 5.82 Å². The van der Waals surface area contributed by atoms with Crippen LogP contribution in [0.15, 0.2) is 48.5 Å². The number of imide groups is 1. The molecule has 0 radical (unpaired) electrons. The van der Waals surface area contributed by atoms with E-state index in [1.807, 2.05) is 0 Å². The molecule has 0 aromatic heterocycles. The quantitative estimate of drug-likeness (QED) is 0.644. The van der Waals surface area contributed by atoms with Crippen molar-refractivity contribution in [3.63, 3.8) is 0 Å². The van der Waals surface area contributed by atoms with Crippen molar-refractivity contribution in [1.82, 2.24) is 0 Å². The first-order valence-corrected chi connectivity index (χ1v) is 8.12. The highest BCUT2D eigenvalue weighted by atomic mass is 19.1. The van der Waals surface area contributed by atoms with Gasteiger partial charge >= 0.3 is 5.97 Å². The molecule has 8 heteroatoms. The van der Waals surface area contributed by atoms with Gasteiger partial charge in [0, 0.05) is 18.5 Å². The second-order valence-electron chi connectivity index (χ2n) is 5.80. The molecule has 1 fully saturated rings. The monoisotopic (exact) mass is 370 g/mol. The van der Waals surface area contributed by atoms with E-state index in [1.165, 1.54) is 48.5 Å². The lowest BCUT2D eigenvalue weighted by atomic mass is 10.2. The maximum atomic E-state index is 12.8. The van der Waals surface area contributed by atoms with E-state index in [-0.39, 0.29) is 30.2 Å². The Kier molecular flexibility index (Phi) is 5.25. The summed E-state index contributed by atoms with van der Waals surface area (Å²) in [4.78, 5) is 48.2. The van der Waals surface area contributed by atoms with E-state index in [1.54, 1.807) is 0 Å². The average Bonchev–Trinajstić information content (AvgIpc) is 3.00. The predicted octanol–water partition coefficient (Wildman–Crippen LogP) is 2.27. The number of amides is 3. The van der Waals surface area contributed by atoms with Gasteiger partial charge in [0.05, 0.1) is 11.3 Å². The summed E-state index contributed by atoms with van der Waals surface area (Å²) in [5, 5.41) is 2.47. The Morgan fingerprint density at radius 3 is 2.15 bits per heavy atom. The van der Waals surface area contributed by atoms with E-state index < -0.39 is 24.3 Å². The normalized spacial score (nSPS) is 13.6. The minimum atomic E-state index is -0.727. The van der Waals surface area contributed by atoms with Crippen LogP contribution in [0.2, 0.25) is 0 Å².